The number of anilines is 2. The normalized spacial score (nSPS) is 13.7. The van der Waals surface area contributed by atoms with Crippen molar-refractivity contribution in [3.05, 3.63) is 47.9 Å². The summed E-state index contributed by atoms with van der Waals surface area (Å²) in [6, 6.07) is 7.45. The fourth-order valence-corrected chi connectivity index (χ4v) is 3.22. The Kier molecular flexibility index (Phi) is 4.55. The molecule has 0 fully saturated rings. The number of benzene rings is 1. The Hall–Kier alpha value is -3.26. The molecule has 27 heavy (non-hydrogen) atoms. The van der Waals surface area contributed by atoms with Crippen molar-refractivity contribution in [1.29, 1.82) is 0 Å². The van der Waals surface area contributed by atoms with Gasteiger partial charge in [-0.2, -0.15) is 5.10 Å². The van der Waals surface area contributed by atoms with Crippen molar-refractivity contribution in [3.63, 3.8) is 0 Å². The summed E-state index contributed by atoms with van der Waals surface area (Å²) < 4.78 is 6.80. The number of aromatic nitrogens is 4. The van der Waals surface area contributed by atoms with Gasteiger partial charge in [-0.3, -0.25) is 4.79 Å². The first-order valence-electron chi connectivity index (χ1n) is 8.75. The number of carbonyl (C=O) groups is 1. The van der Waals surface area contributed by atoms with Crippen molar-refractivity contribution in [2.45, 2.75) is 25.9 Å². The first-order chi connectivity index (χ1) is 13.2. The van der Waals surface area contributed by atoms with Gasteiger partial charge in [0, 0.05) is 18.5 Å². The van der Waals surface area contributed by atoms with Gasteiger partial charge in [0.1, 0.15) is 12.1 Å². The van der Waals surface area contributed by atoms with Crippen LogP contribution in [0.5, 0.6) is 0 Å². The number of amides is 1. The molecule has 3 N–H and O–H groups in total. The number of carbonyl (C=O) groups excluding carboxylic acids is 1. The van der Waals surface area contributed by atoms with Crippen LogP contribution in [0.2, 0.25) is 0 Å². The summed E-state index contributed by atoms with van der Waals surface area (Å²) in [5, 5.41) is 7.84. The second kappa shape index (κ2) is 7.16. The highest BCUT2D eigenvalue weighted by Crippen LogP contribution is 2.29. The minimum absolute atomic E-state index is 0.219. The third kappa shape index (κ3) is 3.26. The highest BCUT2D eigenvalue weighted by Gasteiger charge is 2.23. The van der Waals surface area contributed by atoms with Crippen LogP contribution in [-0.2, 0) is 11.3 Å². The minimum Gasteiger partial charge on any atom is -0.383 e. The number of hydrogen-bond donors (Lipinski definition) is 2. The lowest BCUT2D eigenvalue weighted by Crippen LogP contribution is -2.14. The van der Waals surface area contributed by atoms with Gasteiger partial charge >= 0.3 is 0 Å². The van der Waals surface area contributed by atoms with Crippen LogP contribution in [0.1, 0.15) is 35.3 Å². The highest BCUT2D eigenvalue weighted by atomic mass is 16.5. The molecule has 0 radical (unpaired) electrons. The predicted octanol–water partition coefficient (Wildman–Crippen LogP) is 2.83. The molecule has 4 rings (SSSR count). The van der Waals surface area contributed by atoms with Crippen LogP contribution >= 0.6 is 0 Å². The van der Waals surface area contributed by atoms with E-state index in [1.165, 1.54) is 6.33 Å². The Bertz CT molecular complexity index is 1020. The SMILES string of the molecule is COCc1ccc(NC(=O)c2nn(C3=CCCC3)c3ncnc(N)c23)cc1. The third-order valence-corrected chi connectivity index (χ3v) is 4.52. The molecule has 138 valence electrons. The predicted molar refractivity (Wildman–Crippen MR) is 103 cm³/mol. The standard InChI is InChI=1S/C19H20N6O2/c1-27-10-12-6-8-13(9-7-12)23-19(26)16-15-17(20)21-11-22-18(15)25(24-16)14-4-2-3-5-14/h4,6-9,11H,2-3,5,10H2,1H3,(H,23,26)(H2,20,21,22). The monoisotopic (exact) mass is 364 g/mol. The zero-order chi connectivity index (χ0) is 18.8. The molecule has 0 bridgehead atoms. The Labute approximate surface area is 156 Å². The fourth-order valence-electron chi connectivity index (χ4n) is 3.22. The number of nitrogens with zero attached hydrogens (tertiary/aromatic N) is 4. The number of fused-ring (bicyclic) bond motifs is 1. The van der Waals surface area contributed by atoms with E-state index in [4.69, 9.17) is 10.5 Å². The Morgan fingerprint density at radius 3 is 2.81 bits per heavy atom. The van der Waals surface area contributed by atoms with E-state index in [1.807, 2.05) is 24.3 Å². The number of hydrogen-bond acceptors (Lipinski definition) is 6. The maximum atomic E-state index is 12.9. The van der Waals surface area contributed by atoms with Crippen molar-refractivity contribution in [3.8, 4) is 0 Å². The van der Waals surface area contributed by atoms with Gasteiger partial charge in [0.15, 0.2) is 11.3 Å². The van der Waals surface area contributed by atoms with E-state index >= 15 is 0 Å². The minimum atomic E-state index is -0.349. The first-order valence-corrected chi connectivity index (χ1v) is 8.75. The second-order valence-electron chi connectivity index (χ2n) is 6.39. The van der Waals surface area contributed by atoms with E-state index in [0.717, 1.165) is 30.5 Å². The molecule has 1 aliphatic rings. The molecular formula is C19H20N6O2. The molecular weight excluding hydrogens is 344 g/mol. The fraction of sp³-hybridized carbons (Fsp3) is 0.263. The lowest BCUT2D eigenvalue weighted by atomic mass is 10.2. The van der Waals surface area contributed by atoms with Crippen LogP contribution in [0.3, 0.4) is 0 Å². The van der Waals surface area contributed by atoms with Crippen LogP contribution in [-0.4, -0.2) is 32.8 Å². The zero-order valence-electron chi connectivity index (χ0n) is 15.0. The summed E-state index contributed by atoms with van der Waals surface area (Å²) >= 11 is 0. The van der Waals surface area contributed by atoms with E-state index in [0.29, 0.717) is 23.3 Å². The molecule has 0 aliphatic heterocycles. The van der Waals surface area contributed by atoms with E-state index in [9.17, 15) is 4.79 Å². The van der Waals surface area contributed by atoms with Crippen molar-refractivity contribution < 1.29 is 9.53 Å². The van der Waals surface area contributed by atoms with Gasteiger partial charge in [-0.15, -0.1) is 0 Å². The van der Waals surface area contributed by atoms with Crippen LogP contribution in [0.4, 0.5) is 11.5 Å². The molecule has 2 heterocycles. The molecule has 2 aromatic heterocycles. The van der Waals surface area contributed by atoms with Gasteiger partial charge < -0.3 is 15.8 Å². The molecule has 0 saturated heterocycles. The Morgan fingerprint density at radius 1 is 1.30 bits per heavy atom. The van der Waals surface area contributed by atoms with Crippen molar-refractivity contribution >= 4 is 34.1 Å². The van der Waals surface area contributed by atoms with Gasteiger partial charge in [0.25, 0.3) is 5.91 Å². The summed E-state index contributed by atoms with van der Waals surface area (Å²) in [5.74, 6) is -0.108. The van der Waals surface area contributed by atoms with Crippen LogP contribution in [0.15, 0.2) is 36.7 Å². The van der Waals surface area contributed by atoms with E-state index in [-0.39, 0.29) is 17.4 Å². The van der Waals surface area contributed by atoms with Crippen molar-refractivity contribution in [2.24, 2.45) is 0 Å². The zero-order valence-corrected chi connectivity index (χ0v) is 15.0. The quantitative estimate of drug-likeness (QED) is 0.721. The number of nitrogens with one attached hydrogen (secondary N) is 1. The van der Waals surface area contributed by atoms with Gasteiger partial charge in [-0.05, 0) is 37.0 Å². The Morgan fingerprint density at radius 2 is 2.11 bits per heavy atom. The van der Waals surface area contributed by atoms with Gasteiger partial charge in [-0.1, -0.05) is 18.2 Å². The van der Waals surface area contributed by atoms with E-state index in [2.05, 4.69) is 26.5 Å². The summed E-state index contributed by atoms with van der Waals surface area (Å²) in [6.07, 6.45) is 6.45. The number of nitrogen functional groups attached to an aromatic ring is 1. The van der Waals surface area contributed by atoms with Gasteiger partial charge in [-0.25, -0.2) is 14.6 Å². The van der Waals surface area contributed by atoms with Crippen LogP contribution < -0.4 is 11.1 Å². The molecule has 8 nitrogen and oxygen atoms in total. The van der Waals surface area contributed by atoms with Crippen LogP contribution in [0.25, 0.3) is 16.7 Å². The van der Waals surface area contributed by atoms with E-state index in [1.54, 1.807) is 11.8 Å². The molecule has 3 aromatic rings. The molecule has 1 amide bonds. The van der Waals surface area contributed by atoms with Gasteiger partial charge in [0.2, 0.25) is 0 Å². The lowest BCUT2D eigenvalue weighted by molar-refractivity contribution is 0.102. The summed E-state index contributed by atoms with van der Waals surface area (Å²) in [4.78, 5) is 21.2. The van der Waals surface area contributed by atoms with E-state index < -0.39 is 0 Å². The average molecular weight is 364 g/mol. The van der Waals surface area contributed by atoms with Crippen molar-refractivity contribution in [1.82, 2.24) is 19.7 Å². The molecule has 0 atom stereocenters. The largest absolute Gasteiger partial charge is 0.383 e. The number of nitrogens with two attached hydrogens (primary N) is 1. The summed E-state index contributed by atoms with van der Waals surface area (Å²) in [5.41, 5.74) is 9.52. The molecule has 1 aliphatic carbocycles. The molecule has 0 spiro atoms. The Balaban J connectivity index is 1.69. The number of allylic oxidation sites excluding steroid dienone is 2. The number of rotatable bonds is 5. The van der Waals surface area contributed by atoms with Crippen molar-refractivity contribution in [2.75, 3.05) is 18.2 Å². The maximum absolute atomic E-state index is 12.9. The molecule has 8 heteroatoms. The average Bonchev–Trinajstić information content (AvgIpc) is 3.31. The number of ether oxygens (including phenoxy) is 1. The number of methoxy groups -OCH3 is 1. The third-order valence-electron chi connectivity index (χ3n) is 4.52. The topological polar surface area (TPSA) is 108 Å². The maximum Gasteiger partial charge on any atom is 0.277 e. The highest BCUT2D eigenvalue weighted by molar-refractivity contribution is 6.13. The van der Waals surface area contributed by atoms with Crippen LogP contribution in [0, 0.1) is 0 Å². The smallest absolute Gasteiger partial charge is 0.277 e. The molecule has 1 aromatic carbocycles. The second-order valence-corrected chi connectivity index (χ2v) is 6.39. The van der Waals surface area contributed by atoms with Gasteiger partial charge in [0.05, 0.1) is 12.0 Å². The lowest BCUT2D eigenvalue weighted by Gasteiger charge is -2.05. The summed E-state index contributed by atoms with van der Waals surface area (Å²) in [7, 11) is 1.64. The first kappa shape index (κ1) is 17.2. The molecule has 0 saturated carbocycles. The summed E-state index contributed by atoms with van der Waals surface area (Å²) in [6.45, 7) is 0.520. The molecule has 0 unspecified atom stereocenters.